The van der Waals surface area contributed by atoms with Gasteiger partial charge in [-0.2, -0.15) is 0 Å². The third-order valence-corrected chi connectivity index (χ3v) is 3.34. The number of carbonyl (C=O) groups is 1. The standard InChI is InChI=1S/C13H18N2OS/c1-2-3-8-14-9-10-15(13(14)16)11-4-6-12(17)7-5-11/h4-7,17H,2-3,8-10H2,1H3. The van der Waals surface area contributed by atoms with Gasteiger partial charge in [0.2, 0.25) is 0 Å². The smallest absolute Gasteiger partial charge is 0.323 e. The second-order valence-electron chi connectivity index (χ2n) is 4.29. The lowest BCUT2D eigenvalue weighted by atomic mass is 10.3. The predicted octanol–water partition coefficient (Wildman–Crippen LogP) is 3.02. The number of hydrogen-bond acceptors (Lipinski definition) is 2. The number of hydrogen-bond donors (Lipinski definition) is 1. The molecular formula is C13H18N2OS. The van der Waals surface area contributed by atoms with E-state index in [0.29, 0.717) is 0 Å². The summed E-state index contributed by atoms with van der Waals surface area (Å²) in [6.45, 7) is 4.64. The number of amides is 2. The Bertz CT molecular complexity index is 391. The van der Waals surface area contributed by atoms with Crippen molar-refractivity contribution in [3.63, 3.8) is 0 Å². The highest BCUT2D eigenvalue weighted by atomic mass is 32.1. The normalized spacial score (nSPS) is 15.8. The summed E-state index contributed by atoms with van der Waals surface area (Å²) in [4.78, 5) is 16.8. The average molecular weight is 250 g/mol. The lowest BCUT2D eigenvalue weighted by Crippen LogP contribution is -2.32. The van der Waals surface area contributed by atoms with Gasteiger partial charge in [0.15, 0.2) is 0 Å². The summed E-state index contributed by atoms with van der Waals surface area (Å²) in [5, 5.41) is 0. The van der Waals surface area contributed by atoms with Crippen LogP contribution in [0, 0.1) is 0 Å². The fraction of sp³-hybridized carbons (Fsp3) is 0.462. The Morgan fingerprint density at radius 1 is 1.24 bits per heavy atom. The Morgan fingerprint density at radius 3 is 2.59 bits per heavy atom. The van der Waals surface area contributed by atoms with Gasteiger partial charge >= 0.3 is 6.03 Å². The molecule has 2 rings (SSSR count). The van der Waals surface area contributed by atoms with Gasteiger partial charge in [-0.1, -0.05) is 13.3 Å². The first-order chi connectivity index (χ1) is 8.22. The zero-order chi connectivity index (χ0) is 12.3. The Kier molecular flexibility index (Phi) is 3.94. The third-order valence-electron chi connectivity index (χ3n) is 3.04. The molecule has 0 N–H and O–H groups in total. The van der Waals surface area contributed by atoms with Crippen LogP contribution < -0.4 is 4.90 Å². The summed E-state index contributed by atoms with van der Waals surface area (Å²) in [6, 6.07) is 7.86. The quantitative estimate of drug-likeness (QED) is 0.816. The molecule has 0 spiro atoms. The van der Waals surface area contributed by atoms with E-state index < -0.39 is 0 Å². The molecule has 4 heteroatoms. The van der Waals surface area contributed by atoms with Gasteiger partial charge in [-0.15, -0.1) is 12.6 Å². The molecule has 0 aliphatic carbocycles. The number of thiol groups is 1. The van der Waals surface area contributed by atoms with Gasteiger partial charge in [0, 0.05) is 30.2 Å². The largest absolute Gasteiger partial charge is 0.324 e. The molecule has 1 aromatic carbocycles. The lowest BCUT2D eigenvalue weighted by Gasteiger charge is -2.18. The topological polar surface area (TPSA) is 23.6 Å². The summed E-state index contributed by atoms with van der Waals surface area (Å²) in [7, 11) is 0. The summed E-state index contributed by atoms with van der Waals surface area (Å²) >= 11 is 4.25. The number of unbranched alkanes of at least 4 members (excludes halogenated alkanes) is 1. The molecule has 92 valence electrons. The molecule has 0 bridgehead atoms. The molecule has 1 aliphatic rings. The Hall–Kier alpha value is -1.16. The van der Waals surface area contributed by atoms with Crippen LogP contribution in [0.25, 0.3) is 0 Å². The van der Waals surface area contributed by atoms with Crippen molar-refractivity contribution in [3.8, 4) is 0 Å². The first kappa shape index (κ1) is 12.3. The molecule has 0 aromatic heterocycles. The maximum atomic E-state index is 12.1. The summed E-state index contributed by atoms with van der Waals surface area (Å²) in [6.07, 6.45) is 2.20. The van der Waals surface area contributed by atoms with E-state index in [2.05, 4.69) is 19.6 Å². The van der Waals surface area contributed by atoms with Crippen LogP contribution in [-0.2, 0) is 0 Å². The predicted molar refractivity (Wildman–Crippen MR) is 72.9 cm³/mol. The molecular weight excluding hydrogens is 232 g/mol. The molecule has 1 saturated heterocycles. The van der Waals surface area contributed by atoms with Crippen molar-refractivity contribution < 1.29 is 4.79 Å². The van der Waals surface area contributed by atoms with Crippen molar-refractivity contribution in [1.29, 1.82) is 0 Å². The zero-order valence-electron chi connectivity index (χ0n) is 10.1. The van der Waals surface area contributed by atoms with E-state index in [1.807, 2.05) is 34.1 Å². The molecule has 1 heterocycles. The average Bonchev–Trinajstić information content (AvgIpc) is 2.69. The highest BCUT2D eigenvalue weighted by Gasteiger charge is 2.28. The van der Waals surface area contributed by atoms with Crippen LogP contribution in [0.1, 0.15) is 19.8 Å². The van der Waals surface area contributed by atoms with Crippen molar-refractivity contribution in [2.75, 3.05) is 24.5 Å². The molecule has 1 aromatic rings. The number of rotatable bonds is 4. The van der Waals surface area contributed by atoms with E-state index in [0.717, 1.165) is 43.1 Å². The number of anilines is 1. The van der Waals surface area contributed by atoms with E-state index in [-0.39, 0.29) is 6.03 Å². The van der Waals surface area contributed by atoms with Gasteiger partial charge < -0.3 is 4.90 Å². The van der Waals surface area contributed by atoms with Crippen molar-refractivity contribution in [3.05, 3.63) is 24.3 Å². The second kappa shape index (κ2) is 5.45. The molecule has 0 radical (unpaired) electrons. The molecule has 2 amide bonds. The molecule has 0 saturated carbocycles. The lowest BCUT2D eigenvalue weighted by molar-refractivity contribution is 0.220. The van der Waals surface area contributed by atoms with Crippen LogP contribution in [0.15, 0.2) is 29.2 Å². The zero-order valence-corrected chi connectivity index (χ0v) is 11.0. The molecule has 3 nitrogen and oxygen atoms in total. The minimum Gasteiger partial charge on any atom is -0.323 e. The van der Waals surface area contributed by atoms with Gasteiger partial charge in [0.05, 0.1) is 0 Å². The van der Waals surface area contributed by atoms with Gasteiger partial charge in [-0.25, -0.2) is 4.79 Å². The maximum Gasteiger partial charge on any atom is 0.324 e. The molecule has 0 unspecified atom stereocenters. The Balaban J connectivity index is 2.04. The van der Waals surface area contributed by atoms with Gasteiger partial charge in [-0.3, -0.25) is 4.90 Å². The first-order valence-electron chi connectivity index (χ1n) is 6.08. The van der Waals surface area contributed by atoms with Crippen LogP contribution in [0.5, 0.6) is 0 Å². The first-order valence-corrected chi connectivity index (χ1v) is 6.52. The van der Waals surface area contributed by atoms with Gasteiger partial charge in [0.1, 0.15) is 0 Å². The number of carbonyl (C=O) groups excluding carboxylic acids is 1. The van der Waals surface area contributed by atoms with Gasteiger partial charge in [0.25, 0.3) is 0 Å². The number of nitrogens with zero attached hydrogens (tertiary/aromatic N) is 2. The van der Waals surface area contributed by atoms with Crippen molar-refractivity contribution in [2.45, 2.75) is 24.7 Å². The summed E-state index contributed by atoms with van der Waals surface area (Å²) in [5.74, 6) is 0. The Morgan fingerprint density at radius 2 is 1.94 bits per heavy atom. The highest BCUT2D eigenvalue weighted by molar-refractivity contribution is 7.80. The van der Waals surface area contributed by atoms with E-state index in [1.165, 1.54) is 0 Å². The third kappa shape index (κ3) is 2.75. The SMILES string of the molecule is CCCCN1CCN(c2ccc(S)cc2)C1=O. The van der Waals surface area contributed by atoms with E-state index in [1.54, 1.807) is 0 Å². The van der Waals surface area contributed by atoms with E-state index in [4.69, 9.17) is 0 Å². The van der Waals surface area contributed by atoms with Gasteiger partial charge in [-0.05, 0) is 30.7 Å². The monoisotopic (exact) mass is 250 g/mol. The van der Waals surface area contributed by atoms with Crippen molar-refractivity contribution >= 4 is 24.3 Å². The summed E-state index contributed by atoms with van der Waals surface area (Å²) in [5.41, 5.74) is 0.965. The van der Waals surface area contributed by atoms with E-state index >= 15 is 0 Å². The molecule has 0 atom stereocenters. The number of benzene rings is 1. The fourth-order valence-corrected chi connectivity index (χ4v) is 2.16. The summed E-state index contributed by atoms with van der Waals surface area (Å²) < 4.78 is 0. The highest BCUT2D eigenvalue weighted by Crippen LogP contribution is 2.21. The molecule has 1 fully saturated rings. The van der Waals surface area contributed by atoms with E-state index in [9.17, 15) is 4.79 Å². The van der Waals surface area contributed by atoms with Crippen molar-refractivity contribution in [1.82, 2.24) is 4.90 Å². The van der Waals surface area contributed by atoms with Crippen LogP contribution in [0.2, 0.25) is 0 Å². The number of urea groups is 1. The van der Waals surface area contributed by atoms with Crippen molar-refractivity contribution in [2.24, 2.45) is 0 Å². The second-order valence-corrected chi connectivity index (χ2v) is 4.81. The van der Waals surface area contributed by atoms with Crippen LogP contribution in [0.4, 0.5) is 10.5 Å². The minimum atomic E-state index is 0.130. The maximum absolute atomic E-state index is 12.1. The van der Waals surface area contributed by atoms with Crippen LogP contribution in [-0.4, -0.2) is 30.6 Å². The minimum absolute atomic E-state index is 0.130. The molecule has 1 aliphatic heterocycles. The van der Waals surface area contributed by atoms with Crippen LogP contribution >= 0.6 is 12.6 Å². The fourth-order valence-electron chi connectivity index (χ4n) is 2.01. The molecule has 17 heavy (non-hydrogen) atoms. The Labute approximate surface area is 108 Å². The van der Waals surface area contributed by atoms with Crippen LogP contribution in [0.3, 0.4) is 0 Å².